The first-order chi connectivity index (χ1) is 20.7. The smallest absolute Gasteiger partial charge is 0.329 e. The van der Waals surface area contributed by atoms with Crippen molar-refractivity contribution in [3.8, 4) is 17.3 Å². The monoisotopic (exact) mass is 614 g/mol. The molecule has 1 radical (unpaired) electrons. The zero-order chi connectivity index (χ0) is 32.3. The molecule has 233 valence electrons. The van der Waals surface area contributed by atoms with E-state index in [2.05, 4.69) is 82.2 Å². The number of aliphatic hydroxyl groups is 1. The van der Waals surface area contributed by atoms with Crippen LogP contribution in [-0.4, -0.2) is 66.5 Å². The second-order valence-electron chi connectivity index (χ2n) is 13.8. The van der Waals surface area contributed by atoms with E-state index in [1.54, 1.807) is 12.4 Å². The summed E-state index contributed by atoms with van der Waals surface area (Å²) in [6.45, 7) is 19.0. The number of hydrogen-bond acceptors (Lipinski definition) is 9. The Morgan fingerprint density at radius 3 is 2.70 bits per heavy atom. The molecule has 1 atom stereocenters. The number of carbonyl (C=O) groups is 1. The van der Waals surface area contributed by atoms with Gasteiger partial charge in [-0.1, -0.05) is 41.5 Å². The lowest BCUT2D eigenvalue weighted by molar-refractivity contribution is 0.219. The number of nitrogens with zero attached hydrogens (tertiary/aromatic N) is 6. The van der Waals surface area contributed by atoms with Crippen molar-refractivity contribution in [1.82, 2.24) is 19.7 Å². The Morgan fingerprint density at radius 1 is 1.32 bits per heavy atom. The first kappa shape index (κ1) is 33.4. The zero-order valence-electron chi connectivity index (χ0n) is 27.3. The highest BCUT2D eigenvalue weighted by atomic mass is 28.4. The molecule has 2 N–H and O–H groups in total. The summed E-state index contributed by atoms with van der Waals surface area (Å²) in [5, 5.41) is 27.6. The fourth-order valence-electron chi connectivity index (χ4n) is 5.25. The number of rotatable bonds is 13. The topological polar surface area (TPSA) is 129 Å². The molecule has 4 rings (SSSR count). The lowest BCUT2D eigenvalue weighted by Crippen LogP contribution is -2.46. The molecule has 0 amide bonds. The number of nitrogens with one attached hydrogen (secondary N) is 1. The molecular weight excluding hydrogens is 569 g/mol. The second kappa shape index (κ2) is 13.2. The molecule has 0 fully saturated rings. The van der Waals surface area contributed by atoms with Gasteiger partial charge in [-0.2, -0.15) is 10.4 Å². The number of nitriles is 1. The van der Waals surface area contributed by atoms with E-state index in [0.29, 0.717) is 42.8 Å². The van der Waals surface area contributed by atoms with Gasteiger partial charge in [-0.25, -0.2) is 9.97 Å². The maximum Gasteiger partial charge on any atom is 0.329 e. The highest BCUT2D eigenvalue weighted by Gasteiger charge is 2.44. The highest BCUT2D eigenvalue weighted by Crippen LogP contribution is 2.46. The molecular formula is C32H45BN7O3Si. The van der Waals surface area contributed by atoms with E-state index in [1.807, 2.05) is 21.6 Å². The molecule has 0 aliphatic carbocycles. The summed E-state index contributed by atoms with van der Waals surface area (Å²) in [5.74, 6) is 0.933. The summed E-state index contributed by atoms with van der Waals surface area (Å²) in [7, 11) is -0.562. The second-order valence-corrected chi connectivity index (χ2v) is 18.6. The van der Waals surface area contributed by atoms with Gasteiger partial charge in [0, 0.05) is 36.0 Å². The Hall–Kier alpha value is -3.53. The maximum atomic E-state index is 11.6. The number of fused-ring (bicyclic) bond motifs is 1. The minimum atomic E-state index is -2.06. The largest absolute Gasteiger partial charge is 0.416 e. The molecule has 1 aliphatic rings. The Balaban J connectivity index is 1.72. The van der Waals surface area contributed by atoms with Crippen molar-refractivity contribution in [2.24, 2.45) is 5.92 Å². The Morgan fingerprint density at radius 2 is 2.07 bits per heavy atom. The number of anilines is 3. The molecule has 2 aromatic heterocycles. The molecule has 0 saturated carbocycles. The van der Waals surface area contributed by atoms with Crippen molar-refractivity contribution < 1.29 is 14.3 Å². The van der Waals surface area contributed by atoms with Crippen LogP contribution >= 0.6 is 0 Å². The molecule has 0 spiro atoms. The average Bonchev–Trinajstić information content (AvgIpc) is 3.47. The zero-order valence-corrected chi connectivity index (χ0v) is 28.3. The third-order valence-corrected chi connectivity index (χ3v) is 13.4. The molecule has 3 heterocycles. The van der Waals surface area contributed by atoms with Crippen LogP contribution in [0.3, 0.4) is 0 Å². The van der Waals surface area contributed by atoms with Gasteiger partial charge in [-0.3, -0.25) is 4.68 Å². The van der Waals surface area contributed by atoms with Crippen LogP contribution in [-0.2, 0) is 27.6 Å². The van der Waals surface area contributed by atoms with Crippen LogP contribution in [0.2, 0.25) is 18.1 Å². The van der Waals surface area contributed by atoms with E-state index in [0.717, 1.165) is 47.2 Å². The Kier molecular flexibility index (Phi) is 10.0. The molecule has 1 aromatic carbocycles. The number of aromatic nitrogens is 4. The quantitative estimate of drug-likeness (QED) is 0.191. The highest BCUT2D eigenvalue weighted by molar-refractivity contribution is 6.74. The van der Waals surface area contributed by atoms with Gasteiger partial charge in [0.15, 0.2) is 8.32 Å². The number of hydrogen-bond donors (Lipinski definition) is 2. The third-order valence-electron chi connectivity index (χ3n) is 8.90. The van der Waals surface area contributed by atoms with Crippen molar-refractivity contribution in [3.63, 3.8) is 0 Å². The van der Waals surface area contributed by atoms with Gasteiger partial charge in [-0.05, 0) is 60.7 Å². The van der Waals surface area contributed by atoms with E-state index >= 15 is 0 Å². The van der Waals surface area contributed by atoms with Crippen LogP contribution in [0.4, 0.5) is 17.3 Å². The molecule has 10 nitrogen and oxygen atoms in total. The molecule has 44 heavy (non-hydrogen) atoms. The van der Waals surface area contributed by atoms with Crippen LogP contribution in [0.15, 0.2) is 30.6 Å². The molecule has 3 aromatic rings. The van der Waals surface area contributed by atoms with Crippen LogP contribution in [0.5, 0.6) is 0 Å². The van der Waals surface area contributed by atoms with E-state index < -0.39 is 13.7 Å². The van der Waals surface area contributed by atoms with Gasteiger partial charge >= 0.3 is 7.41 Å². The summed E-state index contributed by atoms with van der Waals surface area (Å²) < 4.78 is 8.52. The van der Waals surface area contributed by atoms with Crippen molar-refractivity contribution >= 4 is 39.2 Å². The van der Waals surface area contributed by atoms with Gasteiger partial charge in [0.25, 0.3) is 0 Å². The molecule has 0 bridgehead atoms. The SMILES string of the molecule is CC(C)CCc1c(Nc2nccc(-c3cc(C#N)c4c(c3)[C@@](C)(CO[Si](C)(C)C(C)(C)C)CN4[B]C=O)n2)cnn1CCO. The van der Waals surface area contributed by atoms with Gasteiger partial charge in [0.1, 0.15) is 12.3 Å². The molecule has 0 unspecified atom stereocenters. The Labute approximate surface area is 263 Å². The minimum Gasteiger partial charge on any atom is -0.416 e. The van der Waals surface area contributed by atoms with Gasteiger partial charge < -0.3 is 24.5 Å². The molecule has 0 saturated heterocycles. The van der Waals surface area contributed by atoms with Crippen molar-refractivity contribution in [2.75, 3.05) is 29.9 Å². The van der Waals surface area contributed by atoms with Gasteiger partial charge in [0.05, 0.1) is 42.0 Å². The van der Waals surface area contributed by atoms with E-state index in [4.69, 9.17) is 9.41 Å². The van der Waals surface area contributed by atoms with Crippen LogP contribution in [0.25, 0.3) is 11.3 Å². The lowest BCUT2D eigenvalue weighted by atomic mass is 9.83. The summed E-state index contributed by atoms with van der Waals surface area (Å²) in [6, 6.07) is 8.09. The summed E-state index contributed by atoms with van der Waals surface area (Å²) >= 11 is 0. The molecule has 1 aliphatic heterocycles. The van der Waals surface area contributed by atoms with Crippen LogP contribution < -0.4 is 10.1 Å². The van der Waals surface area contributed by atoms with E-state index in [-0.39, 0.29) is 11.6 Å². The Bertz CT molecular complexity index is 1530. The third kappa shape index (κ3) is 7.06. The van der Waals surface area contributed by atoms with Crippen molar-refractivity contribution in [1.29, 1.82) is 5.26 Å². The fourth-order valence-corrected chi connectivity index (χ4v) is 6.36. The van der Waals surface area contributed by atoms with E-state index in [1.165, 1.54) is 7.41 Å². The average molecular weight is 615 g/mol. The first-order valence-electron chi connectivity index (χ1n) is 15.3. The standard InChI is InChI=1S/C32H45BN7O3Si/c1-22(2)9-10-28-27(18-36-40(28)13-14-41)38-30-35-12-11-26(37-30)23-15-24(17-34)29-25(16-23)32(6,19-39(29)33-21-42)20-43-44(7,8)31(3,4)5/h11-12,15-16,18,21-22,41H,9-10,13-14,19-20H2,1-8H3,(H,35,37,38)/t32-/m1/s1. The van der Waals surface area contributed by atoms with Gasteiger partial charge in [-0.15, -0.1) is 0 Å². The maximum absolute atomic E-state index is 11.6. The predicted octanol–water partition coefficient (Wildman–Crippen LogP) is 5.45. The number of carbonyl (C=O) groups excluding carboxylic acids is 1. The lowest BCUT2D eigenvalue weighted by Gasteiger charge is -2.39. The molecule has 12 heteroatoms. The number of benzene rings is 1. The van der Waals surface area contributed by atoms with Gasteiger partial charge in [0.2, 0.25) is 5.95 Å². The van der Waals surface area contributed by atoms with Crippen molar-refractivity contribution in [2.45, 2.75) is 84.5 Å². The first-order valence-corrected chi connectivity index (χ1v) is 18.2. The van der Waals surface area contributed by atoms with Crippen LogP contribution in [0, 0.1) is 17.2 Å². The normalized spacial score (nSPS) is 16.6. The minimum absolute atomic E-state index is 0.00320. The van der Waals surface area contributed by atoms with E-state index in [9.17, 15) is 15.2 Å². The summed E-state index contributed by atoms with van der Waals surface area (Å²) in [4.78, 5) is 22.8. The summed E-state index contributed by atoms with van der Waals surface area (Å²) in [5.41, 5.74) is 4.97. The number of aliphatic hydroxyl groups excluding tert-OH is 1. The fraction of sp³-hybridized carbons (Fsp3) is 0.531. The van der Waals surface area contributed by atoms with Crippen molar-refractivity contribution in [3.05, 3.63) is 47.4 Å². The summed E-state index contributed by atoms with van der Waals surface area (Å²) in [6.07, 6.45) is 5.99. The van der Waals surface area contributed by atoms with Crippen LogP contribution in [0.1, 0.15) is 64.8 Å². The predicted molar refractivity (Wildman–Crippen MR) is 178 cm³/mol.